The lowest BCUT2D eigenvalue weighted by Crippen LogP contribution is -1.94. The van der Waals surface area contributed by atoms with Crippen LogP contribution in [0.5, 0.6) is 0 Å². The summed E-state index contributed by atoms with van der Waals surface area (Å²) in [4.78, 5) is 0. The lowest BCUT2D eigenvalue weighted by atomic mass is 10.6. The van der Waals surface area contributed by atoms with Crippen molar-refractivity contribution in [3.63, 3.8) is 0 Å². The number of hydrogen-bond acceptors (Lipinski definition) is 2. The lowest BCUT2D eigenvalue weighted by Gasteiger charge is -1.84. The highest BCUT2D eigenvalue weighted by Gasteiger charge is 1.99. The van der Waals surface area contributed by atoms with Gasteiger partial charge in [0.05, 0.1) is 0 Å². The van der Waals surface area contributed by atoms with Crippen molar-refractivity contribution in [1.29, 1.82) is 0 Å². The zero-order chi connectivity index (χ0) is 5.91. The van der Waals surface area contributed by atoms with Gasteiger partial charge in [0.2, 0.25) is 0 Å². The van der Waals surface area contributed by atoms with E-state index < -0.39 is 10.1 Å². The second-order valence-electron chi connectivity index (χ2n) is 0.970. The van der Waals surface area contributed by atoms with E-state index in [0.29, 0.717) is 0 Å². The van der Waals surface area contributed by atoms with Crippen LogP contribution in [0.3, 0.4) is 0 Å². The first-order valence-corrected chi connectivity index (χ1v) is 3.16. The van der Waals surface area contributed by atoms with Gasteiger partial charge in [-0.05, 0) is 6.42 Å². The van der Waals surface area contributed by atoms with E-state index >= 15 is 0 Å². The summed E-state index contributed by atoms with van der Waals surface area (Å²) in [5.41, 5.74) is 0. The minimum absolute atomic E-state index is 0.0961. The van der Waals surface area contributed by atoms with Crippen LogP contribution >= 0.6 is 0 Å². The maximum absolute atomic E-state index is 9.69. The summed E-state index contributed by atoms with van der Waals surface area (Å²) in [6.45, 7) is 3.18. The molecule has 4 heteroatoms. The van der Waals surface area contributed by atoms with E-state index in [9.17, 15) is 8.42 Å². The second kappa shape index (κ2) is 2.28. The maximum Gasteiger partial charge on any atom is 0.269 e. The van der Waals surface area contributed by atoms with E-state index in [2.05, 4.69) is 6.92 Å². The molecule has 0 bridgehead atoms. The molecule has 0 unspecified atom stereocenters. The molecule has 2 radical (unpaired) electrons. The Hall–Kier alpha value is -0.0900. The molecule has 0 saturated carbocycles. The summed E-state index contributed by atoms with van der Waals surface area (Å²) in [5, 5.41) is 0. The molecule has 0 spiro atoms. The molecule has 0 aromatic carbocycles. The van der Waals surface area contributed by atoms with Crippen molar-refractivity contribution in [2.45, 2.75) is 6.42 Å². The molecule has 0 heterocycles. The largest absolute Gasteiger partial charge is 0.285 e. The zero-order valence-corrected chi connectivity index (χ0v) is 4.48. The zero-order valence-electron chi connectivity index (χ0n) is 3.66. The molecule has 3 nitrogen and oxygen atoms in total. The van der Waals surface area contributed by atoms with Crippen LogP contribution < -0.4 is 0 Å². The molecule has 0 aromatic rings. The van der Waals surface area contributed by atoms with Crippen molar-refractivity contribution < 1.29 is 13.0 Å². The van der Waals surface area contributed by atoms with E-state index in [0.717, 1.165) is 5.75 Å². The second-order valence-corrected chi connectivity index (χ2v) is 2.33. The Morgan fingerprint density at radius 2 is 2.14 bits per heavy atom. The molecule has 0 rings (SSSR count). The SMILES string of the molecule is [CH2]C[CH]S(=O)(=O)O. The summed E-state index contributed by atoms with van der Waals surface area (Å²) in [5.74, 6) is 0.729. The van der Waals surface area contributed by atoms with E-state index in [1.165, 1.54) is 0 Å². The van der Waals surface area contributed by atoms with Gasteiger partial charge in [-0.3, -0.25) is 4.55 Å². The normalized spacial score (nSPS) is 11.7. The summed E-state index contributed by atoms with van der Waals surface area (Å²) < 4.78 is 27.3. The van der Waals surface area contributed by atoms with E-state index in [1.807, 2.05) is 0 Å². The van der Waals surface area contributed by atoms with E-state index in [1.54, 1.807) is 0 Å². The van der Waals surface area contributed by atoms with Crippen LogP contribution in [0.4, 0.5) is 0 Å². The van der Waals surface area contributed by atoms with Crippen LogP contribution in [-0.2, 0) is 10.1 Å². The molecule has 0 aromatic heterocycles. The lowest BCUT2D eigenvalue weighted by molar-refractivity contribution is 0.489. The standard InChI is InChI=1S/C3H6O3S/c1-2-3-7(4,5)6/h3H,1-2H2,(H,4,5,6). The molecular weight excluding hydrogens is 116 g/mol. The van der Waals surface area contributed by atoms with Crippen molar-refractivity contribution in [2.75, 3.05) is 0 Å². The average molecular weight is 122 g/mol. The molecule has 7 heavy (non-hydrogen) atoms. The van der Waals surface area contributed by atoms with E-state index in [-0.39, 0.29) is 6.42 Å². The monoisotopic (exact) mass is 122 g/mol. The highest BCUT2D eigenvalue weighted by molar-refractivity contribution is 7.87. The highest BCUT2D eigenvalue weighted by atomic mass is 32.2. The molecule has 1 N–H and O–H groups in total. The van der Waals surface area contributed by atoms with Gasteiger partial charge in [0.25, 0.3) is 10.1 Å². The van der Waals surface area contributed by atoms with Crippen molar-refractivity contribution in [3.8, 4) is 0 Å². The molecule has 0 saturated heterocycles. The molecule has 0 aliphatic heterocycles. The summed E-state index contributed by atoms with van der Waals surface area (Å²) in [7, 11) is -3.86. The minimum atomic E-state index is -3.86. The Morgan fingerprint density at radius 1 is 1.71 bits per heavy atom. The van der Waals surface area contributed by atoms with Gasteiger partial charge < -0.3 is 0 Å². The van der Waals surface area contributed by atoms with Crippen LogP contribution in [0.15, 0.2) is 0 Å². The van der Waals surface area contributed by atoms with Crippen LogP contribution in [0.1, 0.15) is 6.42 Å². The number of hydrogen-bond donors (Lipinski definition) is 1. The Bertz CT molecular complexity index is 123. The minimum Gasteiger partial charge on any atom is -0.285 e. The van der Waals surface area contributed by atoms with Crippen molar-refractivity contribution in [2.24, 2.45) is 0 Å². The van der Waals surface area contributed by atoms with Gasteiger partial charge in [0.1, 0.15) is 5.75 Å². The average Bonchev–Trinajstić information content (AvgIpc) is 1.30. The smallest absolute Gasteiger partial charge is 0.269 e. The first-order chi connectivity index (χ1) is 3.06. The molecular formula is C3H6O3S. The van der Waals surface area contributed by atoms with E-state index in [4.69, 9.17) is 4.55 Å². The van der Waals surface area contributed by atoms with Crippen molar-refractivity contribution in [3.05, 3.63) is 12.7 Å². The van der Waals surface area contributed by atoms with Crippen molar-refractivity contribution in [1.82, 2.24) is 0 Å². The fourth-order valence-corrected chi connectivity index (χ4v) is 0.447. The Kier molecular flexibility index (Phi) is 2.25. The van der Waals surface area contributed by atoms with Gasteiger partial charge in [-0.1, -0.05) is 6.92 Å². The van der Waals surface area contributed by atoms with Crippen LogP contribution in [0.25, 0.3) is 0 Å². The third kappa shape index (κ3) is 5.91. The Balaban J connectivity index is 3.60. The Morgan fingerprint density at radius 3 is 2.14 bits per heavy atom. The van der Waals surface area contributed by atoms with Crippen LogP contribution in [0.2, 0.25) is 0 Å². The molecule has 0 fully saturated rings. The fourth-order valence-electron chi connectivity index (χ4n) is 0.149. The third-order valence-corrected chi connectivity index (χ3v) is 0.985. The first-order valence-electron chi connectivity index (χ1n) is 1.66. The van der Waals surface area contributed by atoms with Gasteiger partial charge in [0.15, 0.2) is 0 Å². The van der Waals surface area contributed by atoms with Crippen LogP contribution in [0, 0.1) is 12.7 Å². The fraction of sp³-hybridized carbons (Fsp3) is 0.333. The molecule has 42 valence electrons. The predicted octanol–water partition coefficient (Wildman–Crippen LogP) is 0.260. The topological polar surface area (TPSA) is 54.4 Å². The Labute approximate surface area is 43.1 Å². The summed E-state index contributed by atoms with van der Waals surface area (Å²) >= 11 is 0. The van der Waals surface area contributed by atoms with Gasteiger partial charge in [-0.25, -0.2) is 0 Å². The van der Waals surface area contributed by atoms with Gasteiger partial charge in [0, 0.05) is 0 Å². The molecule has 0 aliphatic rings. The highest BCUT2D eigenvalue weighted by Crippen LogP contribution is 1.91. The summed E-state index contributed by atoms with van der Waals surface area (Å²) in [6, 6.07) is 0. The van der Waals surface area contributed by atoms with Crippen LogP contribution in [-0.4, -0.2) is 13.0 Å². The predicted molar refractivity (Wildman–Crippen MR) is 25.8 cm³/mol. The number of rotatable bonds is 2. The first kappa shape index (κ1) is 6.91. The van der Waals surface area contributed by atoms with Gasteiger partial charge in [-0.15, -0.1) is 0 Å². The van der Waals surface area contributed by atoms with Crippen molar-refractivity contribution >= 4 is 10.1 Å². The van der Waals surface area contributed by atoms with Gasteiger partial charge in [-0.2, -0.15) is 8.42 Å². The third-order valence-electron chi connectivity index (χ3n) is 0.328. The van der Waals surface area contributed by atoms with Gasteiger partial charge >= 0.3 is 0 Å². The molecule has 0 aliphatic carbocycles. The quantitative estimate of drug-likeness (QED) is 0.534. The summed E-state index contributed by atoms with van der Waals surface area (Å²) in [6.07, 6.45) is 0.0961. The molecule has 0 amide bonds. The molecule has 0 atom stereocenters. The maximum atomic E-state index is 9.69.